The minimum absolute atomic E-state index is 0.625. The molecule has 0 fully saturated rings. The zero-order valence-electron chi connectivity index (χ0n) is 11.0. The van der Waals surface area contributed by atoms with Gasteiger partial charge in [-0.3, -0.25) is 4.68 Å². The molecule has 1 unspecified atom stereocenters. The first-order valence-electron chi connectivity index (χ1n) is 6.34. The maximum atomic E-state index is 4.20. The molecule has 0 aliphatic heterocycles. The fourth-order valence-corrected chi connectivity index (χ4v) is 1.92. The van der Waals surface area contributed by atoms with E-state index in [-0.39, 0.29) is 0 Å². The third-order valence-electron chi connectivity index (χ3n) is 2.96. The van der Waals surface area contributed by atoms with Crippen molar-refractivity contribution in [2.75, 3.05) is 6.54 Å². The van der Waals surface area contributed by atoms with Crippen LogP contribution in [0.3, 0.4) is 0 Å². The Hall–Kier alpha value is -0.830. The smallest absolute Gasteiger partial charge is 0.0521 e. The molecular weight excluding hydrogens is 198 g/mol. The van der Waals surface area contributed by atoms with Gasteiger partial charge in [-0.05, 0) is 37.3 Å². The molecule has 1 heterocycles. The summed E-state index contributed by atoms with van der Waals surface area (Å²) in [5, 5.41) is 7.82. The lowest BCUT2D eigenvalue weighted by molar-refractivity contribution is 0.378. The van der Waals surface area contributed by atoms with E-state index >= 15 is 0 Å². The Balaban J connectivity index is 2.37. The molecule has 16 heavy (non-hydrogen) atoms. The van der Waals surface area contributed by atoms with Crippen molar-refractivity contribution in [2.45, 2.75) is 46.1 Å². The van der Waals surface area contributed by atoms with Crippen LogP contribution < -0.4 is 5.32 Å². The van der Waals surface area contributed by atoms with Crippen molar-refractivity contribution in [3.8, 4) is 0 Å². The van der Waals surface area contributed by atoms with Crippen molar-refractivity contribution in [3.05, 3.63) is 18.0 Å². The van der Waals surface area contributed by atoms with E-state index in [1.54, 1.807) is 0 Å². The second-order valence-corrected chi connectivity index (χ2v) is 4.87. The van der Waals surface area contributed by atoms with Gasteiger partial charge in [-0.2, -0.15) is 5.10 Å². The van der Waals surface area contributed by atoms with Gasteiger partial charge in [0.25, 0.3) is 0 Å². The van der Waals surface area contributed by atoms with Crippen molar-refractivity contribution in [3.63, 3.8) is 0 Å². The molecule has 3 heteroatoms. The molecule has 0 aliphatic carbocycles. The average molecular weight is 223 g/mol. The zero-order chi connectivity index (χ0) is 12.0. The number of hydrogen-bond donors (Lipinski definition) is 1. The van der Waals surface area contributed by atoms with Gasteiger partial charge in [0, 0.05) is 19.3 Å². The molecule has 0 amide bonds. The highest BCUT2D eigenvalue weighted by atomic mass is 15.2. The van der Waals surface area contributed by atoms with Crippen LogP contribution >= 0.6 is 0 Å². The van der Waals surface area contributed by atoms with Crippen molar-refractivity contribution in [1.82, 2.24) is 15.1 Å². The van der Waals surface area contributed by atoms with Crippen LogP contribution in [0.1, 0.15) is 39.2 Å². The monoisotopic (exact) mass is 223 g/mol. The topological polar surface area (TPSA) is 29.9 Å². The Morgan fingerprint density at radius 1 is 1.44 bits per heavy atom. The van der Waals surface area contributed by atoms with E-state index in [0.29, 0.717) is 12.0 Å². The van der Waals surface area contributed by atoms with Crippen LogP contribution in [-0.4, -0.2) is 22.4 Å². The van der Waals surface area contributed by atoms with Crippen LogP contribution in [0, 0.1) is 5.92 Å². The highest BCUT2D eigenvalue weighted by Crippen LogP contribution is 2.10. The summed E-state index contributed by atoms with van der Waals surface area (Å²) in [6, 6.07) is 0.625. The van der Waals surface area contributed by atoms with Crippen molar-refractivity contribution < 1.29 is 0 Å². The van der Waals surface area contributed by atoms with Gasteiger partial charge in [-0.25, -0.2) is 0 Å². The fraction of sp³-hybridized carbons (Fsp3) is 0.769. The quantitative estimate of drug-likeness (QED) is 0.769. The number of rotatable bonds is 7. The van der Waals surface area contributed by atoms with E-state index < -0.39 is 0 Å². The molecular formula is C13H25N3. The summed E-state index contributed by atoms with van der Waals surface area (Å²) >= 11 is 0. The number of aromatic nitrogens is 2. The van der Waals surface area contributed by atoms with Gasteiger partial charge < -0.3 is 5.32 Å². The molecule has 1 atom stereocenters. The molecule has 0 saturated heterocycles. The normalized spacial score (nSPS) is 13.3. The summed E-state index contributed by atoms with van der Waals surface area (Å²) in [5.41, 5.74) is 1.34. The maximum absolute atomic E-state index is 4.20. The summed E-state index contributed by atoms with van der Waals surface area (Å²) in [6.07, 6.45) is 7.60. The van der Waals surface area contributed by atoms with Gasteiger partial charge in [-0.15, -0.1) is 0 Å². The van der Waals surface area contributed by atoms with Crippen molar-refractivity contribution in [1.29, 1.82) is 0 Å². The van der Waals surface area contributed by atoms with Gasteiger partial charge in [0.1, 0.15) is 0 Å². The summed E-state index contributed by atoms with van der Waals surface area (Å²) < 4.78 is 1.87. The largest absolute Gasteiger partial charge is 0.314 e. The second-order valence-electron chi connectivity index (χ2n) is 4.87. The minimum Gasteiger partial charge on any atom is -0.314 e. The summed E-state index contributed by atoms with van der Waals surface area (Å²) in [4.78, 5) is 0. The zero-order valence-corrected chi connectivity index (χ0v) is 11.0. The van der Waals surface area contributed by atoms with Gasteiger partial charge in [0.15, 0.2) is 0 Å². The molecule has 0 bridgehead atoms. The lowest BCUT2D eigenvalue weighted by Gasteiger charge is -2.21. The van der Waals surface area contributed by atoms with E-state index in [1.165, 1.54) is 18.4 Å². The molecule has 1 N–H and O–H groups in total. The molecule has 1 aromatic heterocycles. The predicted molar refractivity (Wildman–Crippen MR) is 68.4 cm³/mol. The Morgan fingerprint density at radius 2 is 2.19 bits per heavy atom. The average Bonchev–Trinajstić information content (AvgIpc) is 2.64. The number of nitrogens with zero attached hydrogens (tertiary/aromatic N) is 2. The van der Waals surface area contributed by atoms with Crippen LogP contribution in [0.2, 0.25) is 0 Å². The van der Waals surface area contributed by atoms with Gasteiger partial charge >= 0.3 is 0 Å². The maximum Gasteiger partial charge on any atom is 0.0521 e. The SMILES string of the molecule is CCCNC(CCc1cnn(C)c1)C(C)C. The highest BCUT2D eigenvalue weighted by molar-refractivity contribution is 5.04. The van der Waals surface area contributed by atoms with Crippen LogP contribution in [0.15, 0.2) is 12.4 Å². The number of hydrogen-bond acceptors (Lipinski definition) is 2. The second kappa shape index (κ2) is 6.69. The predicted octanol–water partition coefficient (Wildman–Crippen LogP) is 2.38. The molecule has 0 spiro atoms. The van der Waals surface area contributed by atoms with E-state index in [1.807, 2.05) is 17.9 Å². The molecule has 1 rings (SSSR count). The standard InChI is InChI=1S/C13H25N3/c1-5-8-14-13(11(2)3)7-6-12-9-15-16(4)10-12/h9-11,13-14H,5-8H2,1-4H3. The van der Waals surface area contributed by atoms with Crippen LogP contribution in [0.5, 0.6) is 0 Å². The van der Waals surface area contributed by atoms with E-state index in [0.717, 1.165) is 13.0 Å². The molecule has 0 saturated carbocycles. The number of aryl methyl sites for hydroxylation is 2. The Bertz CT molecular complexity index is 291. The molecule has 0 aliphatic rings. The first-order chi connectivity index (χ1) is 7.63. The minimum atomic E-state index is 0.625. The van der Waals surface area contributed by atoms with Gasteiger partial charge in [-0.1, -0.05) is 20.8 Å². The van der Waals surface area contributed by atoms with E-state index in [4.69, 9.17) is 0 Å². The van der Waals surface area contributed by atoms with Crippen LogP contribution in [0.25, 0.3) is 0 Å². The van der Waals surface area contributed by atoms with E-state index in [9.17, 15) is 0 Å². The molecule has 1 aromatic rings. The lowest BCUT2D eigenvalue weighted by Crippen LogP contribution is -2.34. The van der Waals surface area contributed by atoms with E-state index in [2.05, 4.69) is 37.4 Å². The third kappa shape index (κ3) is 4.35. The highest BCUT2D eigenvalue weighted by Gasteiger charge is 2.12. The first kappa shape index (κ1) is 13.2. The van der Waals surface area contributed by atoms with Crippen molar-refractivity contribution in [2.24, 2.45) is 13.0 Å². The first-order valence-corrected chi connectivity index (χ1v) is 6.34. The van der Waals surface area contributed by atoms with Gasteiger partial charge in [0.05, 0.1) is 6.20 Å². The Labute approximate surface area is 99.2 Å². The fourth-order valence-electron chi connectivity index (χ4n) is 1.92. The Morgan fingerprint density at radius 3 is 2.69 bits per heavy atom. The third-order valence-corrected chi connectivity index (χ3v) is 2.96. The number of nitrogens with one attached hydrogen (secondary N) is 1. The molecule has 0 radical (unpaired) electrons. The Kier molecular flexibility index (Phi) is 5.53. The van der Waals surface area contributed by atoms with Crippen LogP contribution in [-0.2, 0) is 13.5 Å². The van der Waals surface area contributed by atoms with Gasteiger partial charge in [0.2, 0.25) is 0 Å². The summed E-state index contributed by atoms with van der Waals surface area (Å²) in [7, 11) is 1.97. The molecule has 92 valence electrons. The summed E-state index contributed by atoms with van der Waals surface area (Å²) in [6.45, 7) is 7.91. The van der Waals surface area contributed by atoms with Crippen molar-refractivity contribution >= 4 is 0 Å². The summed E-state index contributed by atoms with van der Waals surface area (Å²) in [5.74, 6) is 0.697. The van der Waals surface area contributed by atoms with Crippen LogP contribution in [0.4, 0.5) is 0 Å². The lowest BCUT2D eigenvalue weighted by atomic mass is 9.97. The molecule has 0 aromatic carbocycles. The molecule has 3 nitrogen and oxygen atoms in total.